The number of carbonyl (C=O) groups is 1. The summed E-state index contributed by atoms with van der Waals surface area (Å²) in [6.07, 6.45) is 1.02. The number of morpholine rings is 1. The Morgan fingerprint density at radius 2 is 1.90 bits per heavy atom. The van der Waals surface area contributed by atoms with Crippen molar-refractivity contribution in [2.45, 2.75) is 26.3 Å². The van der Waals surface area contributed by atoms with Crippen molar-refractivity contribution in [1.82, 2.24) is 9.80 Å². The summed E-state index contributed by atoms with van der Waals surface area (Å²) in [6, 6.07) is -0.0333. The molecule has 0 radical (unpaired) electrons. The lowest BCUT2D eigenvalue weighted by Gasteiger charge is -2.34. The zero-order chi connectivity index (χ0) is 13.2. The Labute approximate surface area is 134 Å². The molecule has 2 rings (SSSR count). The van der Waals surface area contributed by atoms with Crippen LogP contribution in [-0.2, 0) is 9.53 Å². The molecule has 0 aromatic carbocycles. The molecule has 2 atom stereocenters. The van der Waals surface area contributed by atoms with Crippen molar-refractivity contribution < 1.29 is 9.53 Å². The highest BCUT2D eigenvalue weighted by Gasteiger charge is 2.37. The Hall–Kier alpha value is -0.0700. The lowest BCUT2D eigenvalue weighted by atomic mass is 9.90. The third kappa shape index (κ3) is 4.46. The van der Waals surface area contributed by atoms with Gasteiger partial charge in [-0.1, -0.05) is 6.92 Å². The van der Waals surface area contributed by atoms with Gasteiger partial charge in [-0.3, -0.25) is 9.69 Å². The van der Waals surface area contributed by atoms with Gasteiger partial charge in [0.15, 0.2) is 0 Å². The number of amides is 1. The van der Waals surface area contributed by atoms with E-state index in [2.05, 4.69) is 11.8 Å². The Morgan fingerprint density at radius 3 is 2.40 bits per heavy atom. The summed E-state index contributed by atoms with van der Waals surface area (Å²) >= 11 is 0. The summed E-state index contributed by atoms with van der Waals surface area (Å²) in [5, 5.41) is 0. The first-order chi connectivity index (χ1) is 8.56. The summed E-state index contributed by atoms with van der Waals surface area (Å²) in [7, 11) is 0. The average molecular weight is 328 g/mol. The van der Waals surface area contributed by atoms with Crippen LogP contribution in [0.25, 0.3) is 0 Å². The number of hydrogen-bond donors (Lipinski definition) is 1. The molecule has 0 bridgehead atoms. The largest absolute Gasteiger partial charge is 0.379 e. The van der Waals surface area contributed by atoms with Gasteiger partial charge in [0.2, 0.25) is 5.91 Å². The number of rotatable bonds is 3. The minimum Gasteiger partial charge on any atom is -0.379 e. The van der Waals surface area contributed by atoms with E-state index in [1.54, 1.807) is 0 Å². The minimum atomic E-state index is -0.0333. The molecule has 1 amide bonds. The first-order valence-corrected chi connectivity index (χ1v) is 6.86. The maximum atomic E-state index is 12.5. The first kappa shape index (κ1) is 19.9. The molecule has 120 valence electrons. The van der Waals surface area contributed by atoms with Crippen LogP contribution in [0.4, 0.5) is 0 Å². The monoisotopic (exact) mass is 327 g/mol. The van der Waals surface area contributed by atoms with Crippen molar-refractivity contribution >= 4 is 30.7 Å². The molecular weight excluding hydrogens is 301 g/mol. The quantitative estimate of drug-likeness (QED) is 0.831. The second-order valence-corrected chi connectivity index (χ2v) is 5.85. The van der Waals surface area contributed by atoms with Crippen molar-refractivity contribution in [3.63, 3.8) is 0 Å². The van der Waals surface area contributed by atoms with Gasteiger partial charge in [-0.15, -0.1) is 24.8 Å². The Balaban J connectivity index is 0.00000180. The maximum absolute atomic E-state index is 12.5. The van der Waals surface area contributed by atoms with E-state index >= 15 is 0 Å². The highest BCUT2D eigenvalue weighted by Crippen LogP contribution is 2.29. The van der Waals surface area contributed by atoms with Crippen LogP contribution in [0.5, 0.6) is 0 Å². The molecule has 2 fully saturated rings. The molecule has 0 aliphatic carbocycles. The van der Waals surface area contributed by atoms with Crippen molar-refractivity contribution in [3.05, 3.63) is 0 Å². The zero-order valence-electron chi connectivity index (χ0n) is 12.3. The number of likely N-dealkylation sites (tertiary alicyclic amines) is 1. The fourth-order valence-electron chi connectivity index (χ4n) is 2.76. The number of hydrogen-bond acceptors (Lipinski definition) is 4. The fraction of sp³-hybridized carbons (Fsp3) is 0.923. The molecule has 2 saturated heterocycles. The van der Waals surface area contributed by atoms with Gasteiger partial charge in [0.05, 0.1) is 19.3 Å². The van der Waals surface area contributed by atoms with E-state index in [4.69, 9.17) is 10.5 Å². The zero-order valence-corrected chi connectivity index (χ0v) is 14.0. The number of ether oxygens (including phenoxy) is 1. The summed E-state index contributed by atoms with van der Waals surface area (Å²) < 4.78 is 5.32. The molecule has 0 spiro atoms. The smallest absolute Gasteiger partial charge is 0.239 e. The van der Waals surface area contributed by atoms with Crippen LogP contribution >= 0.6 is 24.8 Å². The van der Waals surface area contributed by atoms with Crippen LogP contribution in [0, 0.1) is 5.41 Å². The molecule has 2 unspecified atom stereocenters. The van der Waals surface area contributed by atoms with E-state index < -0.39 is 0 Å². The summed E-state index contributed by atoms with van der Waals surface area (Å²) in [6.45, 7) is 9.66. The molecule has 2 aliphatic heterocycles. The van der Waals surface area contributed by atoms with Crippen molar-refractivity contribution in [2.75, 3.05) is 45.9 Å². The van der Waals surface area contributed by atoms with E-state index in [-0.39, 0.29) is 42.2 Å². The number of nitrogens with two attached hydrogens (primary N) is 1. The van der Waals surface area contributed by atoms with Crippen molar-refractivity contribution in [2.24, 2.45) is 11.1 Å². The van der Waals surface area contributed by atoms with Crippen LogP contribution < -0.4 is 5.73 Å². The van der Waals surface area contributed by atoms with Gasteiger partial charge in [0, 0.05) is 26.2 Å². The third-order valence-corrected chi connectivity index (χ3v) is 4.31. The molecule has 0 aromatic rings. The molecule has 5 nitrogen and oxygen atoms in total. The van der Waals surface area contributed by atoms with Crippen molar-refractivity contribution in [3.8, 4) is 0 Å². The van der Waals surface area contributed by atoms with Crippen LogP contribution in [0.15, 0.2) is 0 Å². The minimum absolute atomic E-state index is 0. The number of nitrogens with zero attached hydrogens (tertiary/aromatic N) is 2. The molecule has 2 N–H and O–H groups in total. The van der Waals surface area contributed by atoms with Gasteiger partial charge in [-0.25, -0.2) is 0 Å². The van der Waals surface area contributed by atoms with Crippen LogP contribution in [-0.4, -0.2) is 67.7 Å². The number of carbonyl (C=O) groups excluding carboxylic acids is 1. The van der Waals surface area contributed by atoms with Gasteiger partial charge in [-0.05, 0) is 25.3 Å². The Kier molecular flexibility index (Phi) is 8.36. The third-order valence-electron chi connectivity index (χ3n) is 4.31. The number of halogens is 2. The van der Waals surface area contributed by atoms with Crippen LogP contribution in [0.3, 0.4) is 0 Å². The van der Waals surface area contributed by atoms with E-state index in [9.17, 15) is 4.79 Å². The van der Waals surface area contributed by atoms with E-state index in [0.717, 1.165) is 45.8 Å². The van der Waals surface area contributed by atoms with E-state index in [0.29, 0.717) is 6.54 Å². The summed E-state index contributed by atoms with van der Waals surface area (Å²) in [5.74, 6) is 0.245. The van der Waals surface area contributed by atoms with Crippen molar-refractivity contribution in [1.29, 1.82) is 0 Å². The summed E-state index contributed by atoms with van der Waals surface area (Å²) in [5.41, 5.74) is 5.90. The maximum Gasteiger partial charge on any atom is 0.239 e. The standard InChI is InChI=1S/C13H25N3O2.2ClH/c1-11(15-5-7-18-8-6-15)12(17)16-4-3-13(2,9-14)10-16;;/h11H,3-10,14H2,1-2H3;2*1H. The lowest BCUT2D eigenvalue weighted by Crippen LogP contribution is -2.50. The van der Waals surface area contributed by atoms with Crippen LogP contribution in [0.1, 0.15) is 20.3 Å². The molecule has 0 saturated carbocycles. The second-order valence-electron chi connectivity index (χ2n) is 5.85. The summed E-state index contributed by atoms with van der Waals surface area (Å²) in [4.78, 5) is 16.6. The van der Waals surface area contributed by atoms with Gasteiger partial charge < -0.3 is 15.4 Å². The molecule has 2 aliphatic rings. The molecule has 0 aromatic heterocycles. The SMILES string of the molecule is CC(C(=O)N1CCC(C)(CN)C1)N1CCOCC1.Cl.Cl. The Morgan fingerprint density at radius 1 is 1.30 bits per heavy atom. The Bertz CT molecular complexity index is 310. The first-order valence-electron chi connectivity index (χ1n) is 6.86. The lowest BCUT2D eigenvalue weighted by molar-refractivity contribution is -0.137. The topological polar surface area (TPSA) is 58.8 Å². The molecule has 2 heterocycles. The van der Waals surface area contributed by atoms with Gasteiger partial charge in [0.25, 0.3) is 0 Å². The highest BCUT2D eigenvalue weighted by atomic mass is 35.5. The van der Waals surface area contributed by atoms with Crippen LogP contribution in [0.2, 0.25) is 0 Å². The molecule has 7 heteroatoms. The fourth-order valence-corrected chi connectivity index (χ4v) is 2.76. The predicted molar refractivity (Wildman–Crippen MR) is 84.7 cm³/mol. The second kappa shape index (κ2) is 8.39. The van der Waals surface area contributed by atoms with E-state index in [1.165, 1.54) is 0 Å². The predicted octanol–water partition coefficient (Wildman–Crippen LogP) is 0.748. The highest BCUT2D eigenvalue weighted by molar-refractivity contribution is 5.85. The molecular formula is C13H27Cl2N3O2. The van der Waals surface area contributed by atoms with Gasteiger partial charge in [0.1, 0.15) is 0 Å². The van der Waals surface area contributed by atoms with E-state index in [1.807, 2.05) is 11.8 Å². The normalized spacial score (nSPS) is 28.4. The van der Waals surface area contributed by atoms with Gasteiger partial charge >= 0.3 is 0 Å². The molecule has 20 heavy (non-hydrogen) atoms. The van der Waals surface area contributed by atoms with Gasteiger partial charge in [-0.2, -0.15) is 0 Å². The average Bonchev–Trinajstić information content (AvgIpc) is 2.81.